The summed E-state index contributed by atoms with van der Waals surface area (Å²) in [6.45, 7) is 1.13. The SMILES string of the molecule is CCOc1ccccc1C(=O)NCC(=O)OCC(=O)Nc1nc(-c2ccc(F)c(F)c2)cs1. The normalized spacial score (nSPS) is 10.4. The number of rotatable bonds is 9. The molecule has 0 aliphatic carbocycles. The fourth-order valence-corrected chi connectivity index (χ4v) is 3.39. The molecule has 2 amide bonds. The van der Waals surface area contributed by atoms with Crippen LogP contribution >= 0.6 is 11.3 Å². The number of nitrogens with one attached hydrogen (secondary N) is 2. The van der Waals surface area contributed by atoms with E-state index in [0.29, 0.717) is 23.6 Å². The molecule has 0 aliphatic heterocycles. The number of hydrogen-bond acceptors (Lipinski definition) is 7. The molecule has 172 valence electrons. The van der Waals surface area contributed by atoms with E-state index in [1.807, 2.05) is 0 Å². The molecule has 2 N–H and O–H groups in total. The zero-order valence-corrected chi connectivity index (χ0v) is 18.2. The molecule has 3 aromatic rings. The van der Waals surface area contributed by atoms with Crippen LogP contribution in [-0.4, -0.2) is 42.5 Å². The molecule has 1 aromatic heterocycles. The van der Waals surface area contributed by atoms with E-state index in [0.717, 1.165) is 23.5 Å². The van der Waals surface area contributed by atoms with E-state index in [-0.39, 0.29) is 10.7 Å². The molecule has 0 atom stereocenters. The van der Waals surface area contributed by atoms with Crippen LogP contribution in [0.25, 0.3) is 11.3 Å². The minimum atomic E-state index is -1.01. The molecule has 0 spiro atoms. The molecule has 0 saturated heterocycles. The number of ether oxygens (including phenoxy) is 2. The topological polar surface area (TPSA) is 107 Å². The number of thiazole rings is 1. The van der Waals surface area contributed by atoms with Gasteiger partial charge in [-0.15, -0.1) is 11.3 Å². The van der Waals surface area contributed by atoms with Crippen molar-refractivity contribution in [2.75, 3.05) is 25.1 Å². The number of para-hydroxylation sites is 1. The number of anilines is 1. The number of esters is 1. The Morgan fingerprint density at radius 3 is 2.64 bits per heavy atom. The summed E-state index contributed by atoms with van der Waals surface area (Å²) < 4.78 is 36.6. The molecule has 3 rings (SSSR count). The molecule has 0 unspecified atom stereocenters. The summed E-state index contributed by atoms with van der Waals surface area (Å²) in [7, 11) is 0. The molecule has 0 fully saturated rings. The van der Waals surface area contributed by atoms with Gasteiger partial charge in [0.15, 0.2) is 23.4 Å². The van der Waals surface area contributed by atoms with Gasteiger partial charge >= 0.3 is 5.97 Å². The number of halogens is 2. The number of benzene rings is 2. The molecule has 1 heterocycles. The smallest absolute Gasteiger partial charge is 0.325 e. The molecular formula is C22H19F2N3O5S. The summed E-state index contributed by atoms with van der Waals surface area (Å²) in [5.74, 6) is -3.58. The second kappa shape index (κ2) is 11.1. The summed E-state index contributed by atoms with van der Waals surface area (Å²) in [6, 6.07) is 9.92. The van der Waals surface area contributed by atoms with Crippen LogP contribution in [0.1, 0.15) is 17.3 Å². The van der Waals surface area contributed by atoms with Gasteiger partial charge in [0.1, 0.15) is 12.3 Å². The minimum Gasteiger partial charge on any atom is -0.493 e. The predicted molar refractivity (Wildman–Crippen MR) is 117 cm³/mol. The van der Waals surface area contributed by atoms with Gasteiger partial charge in [0.05, 0.1) is 17.9 Å². The van der Waals surface area contributed by atoms with Gasteiger partial charge < -0.3 is 14.8 Å². The Balaban J connectivity index is 1.45. The Bertz CT molecular complexity index is 1170. The summed E-state index contributed by atoms with van der Waals surface area (Å²) in [5, 5.41) is 6.60. The largest absolute Gasteiger partial charge is 0.493 e. The van der Waals surface area contributed by atoms with Gasteiger partial charge in [0, 0.05) is 10.9 Å². The first kappa shape index (κ1) is 23.8. The van der Waals surface area contributed by atoms with Crippen LogP contribution < -0.4 is 15.4 Å². The van der Waals surface area contributed by atoms with Crippen LogP contribution in [0.5, 0.6) is 5.75 Å². The van der Waals surface area contributed by atoms with E-state index in [2.05, 4.69) is 15.6 Å². The maximum atomic E-state index is 13.4. The lowest BCUT2D eigenvalue weighted by Crippen LogP contribution is -2.32. The van der Waals surface area contributed by atoms with Gasteiger partial charge in [-0.2, -0.15) is 0 Å². The zero-order valence-electron chi connectivity index (χ0n) is 17.4. The van der Waals surface area contributed by atoms with Gasteiger partial charge in [-0.05, 0) is 37.3 Å². The molecule has 0 radical (unpaired) electrons. The number of carbonyl (C=O) groups is 3. The van der Waals surface area contributed by atoms with Crippen LogP contribution in [0.3, 0.4) is 0 Å². The lowest BCUT2D eigenvalue weighted by Gasteiger charge is -2.10. The zero-order chi connectivity index (χ0) is 23.8. The highest BCUT2D eigenvalue weighted by Gasteiger charge is 2.15. The maximum Gasteiger partial charge on any atom is 0.325 e. The van der Waals surface area contributed by atoms with Gasteiger partial charge in [0.25, 0.3) is 11.8 Å². The monoisotopic (exact) mass is 475 g/mol. The van der Waals surface area contributed by atoms with E-state index in [4.69, 9.17) is 9.47 Å². The predicted octanol–water partition coefficient (Wildman–Crippen LogP) is 3.40. The van der Waals surface area contributed by atoms with Gasteiger partial charge in [-0.1, -0.05) is 12.1 Å². The average molecular weight is 475 g/mol. The van der Waals surface area contributed by atoms with Crippen molar-refractivity contribution in [3.8, 4) is 17.0 Å². The highest BCUT2D eigenvalue weighted by Crippen LogP contribution is 2.26. The molecule has 8 nitrogen and oxygen atoms in total. The number of nitrogens with zero attached hydrogens (tertiary/aromatic N) is 1. The third kappa shape index (κ3) is 6.56. The van der Waals surface area contributed by atoms with Crippen molar-refractivity contribution in [2.45, 2.75) is 6.92 Å². The van der Waals surface area contributed by atoms with Gasteiger partial charge in [-0.3, -0.25) is 19.7 Å². The quantitative estimate of drug-likeness (QED) is 0.460. The van der Waals surface area contributed by atoms with Crippen molar-refractivity contribution < 1.29 is 32.6 Å². The first-order valence-electron chi connectivity index (χ1n) is 9.73. The van der Waals surface area contributed by atoms with Crippen LogP contribution in [0, 0.1) is 11.6 Å². The van der Waals surface area contributed by atoms with Crippen LogP contribution in [-0.2, 0) is 14.3 Å². The van der Waals surface area contributed by atoms with Crippen LogP contribution in [0.4, 0.5) is 13.9 Å². The Kier molecular flexibility index (Phi) is 8.03. The number of aromatic nitrogens is 1. The first-order chi connectivity index (χ1) is 15.9. The Morgan fingerprint density at radius 2 is 1.88 bits per heavy atom. The number of hydrogen-bond donors (Lipinski definition) is 2. The lowest BCUT2D eigenvalue weighted by molar-refractivity contribution is -0.146. The van der Waals surface area contributed by atoms with Crippen molar-refractivity contribution in [1.82, 2.24) is 10.3 Å². The van der Waals surface area contributed by atoms with Crippen LogP contribution in [0.15, 0.2) is 47.8 Å². The van der Waals surface area contributed by atoms with Crippen molar-refractivity contribution in [3.05, 3.63) is 65.0 Å². The number of carbonyl (C=O) groups excluding carboxylic acids is 3. The Morgan fingerprint density at radius 1 is 1.09 bits per heavy atom. The van der Waals surface area contributed by atoms with E-state index in [9.17, 15) is 23.2 Å². The van der Waals surface area contributed by atoms with Crippen molar-refractivity contribution in [2.24, 2.45) is 0 Å². The van der Waals surface area contributed by atoms with Crippen molar-refractivity contribution in [1.29, 1.82) is 0 Å². The fraction of sp³-hybridized carbons (Fsp3) is 0.182. The van der Waals surface area contributed by atoms with E-state index in [1.54, 1.807) is 36.6 Å². The summed E-state index contributed by atoms with van der Waals surface area (Å²) >= 11 is 1.07. The Hall–Kier alpha value is -3.86. The van der Waals surface area contributed by atoms with Gasteiger partial charge in [-0.25, -0.2) is 13.8 Å². The maximum absolute atomic E-state index is 13.4. The summed E-state index contributed by atoms with van der Waals surface area (Å²) in [6.07, 6.45) is 0. The molecule has 33 heavy (non-hydrogen) atoms. The van der Waals surface area contributed by atoms with Crippen molar-refractivity contribution in [3.63, 3.8) is 0 Å². The summed E-state index contributed by atoms with van der Waals surface area (Å²) in [4.78, 5) is 40.2. The second-order valence-electron chi connectivity index (χ2n) is 6.49. The lowest BCUT2D eigenvalue weighted by atomic mass is 10.2. The average Bonchev–Trinajstić information content (AvgIpc) is 3.27. The molecule has 0 aliphatic rings. The first-order valence-corrected chi connectivity index (χ1v) is 10.6. The molecule has 0 saturated carbocycles. The van der Waals surface area contributed by atoms with E-state index < -0.39 is 42.6 Å². The van der Waals surface area contributed by atoms with E-state index >= 15 is 0 Å². The second-order valence-corrected chi connectivity index (χ2v) is 7.35. The molecule has 11 heteroatoms. The molecular weight excluding hydrogens is 456 g/mol. The highest BCUT2D eigenvalue weighted by molar-refractivity contribution is 7.14. The van der Waals surface area contributed by atoms with Gasteiger partial charge in [0.2, 0.25) is 0 Å². The molecule has 0 bridgehead atoms. The number of amides is 2. The molecule has 2 aromatic carbocycles. The van der Waals surface area contributed by atoms with Crippen molar-refractivity contribution >= 4 is 34.3 Å². The summed E-state index contributed by atoms with van der Waals surface area (Å²) in [5.41, 5.74) is 0.963. The standard InChI is InChI=1S/C22H19F2N3O5S/c1-2-31-18-6-4-3-5-14(18)21(30)25-10-20(29)32-11-19(28)27-22-26-17(12-33-22)13-7-8-15(23)16(24)9-13/h3-9,12H,2,10-11H2,1H3,(H,25,30)(H,26,27,28). The third-order valence-electron chi connectivity index (χ3n) is 4.15. The Labute approximate surface area is 191 Å². The third-order valence-corrected chi connectivity index (χ3v) is 4.91. The van der Waals surface area contributed by atoms with E-state index in [1.165, 1.54) is 6.07 Å². The minimum absolute atomic E-state index is 0.191. The fourth-order valence-electron chi connectivity index (χ4n) is 2.65. The van der Waals surface area contributed by atoms with Crippen LogP contribution in [0.2, 0.25) is 0 Å². The highest BCUT2D eigenvalue weighted by atomic mass is 32.1.